The van der Waals surface area contributed by atoms with Crippen molar-refractivity contribution in [3.05, 3.63) is 29.6 Å². The maximum Gasteiger partial charge on any atom is 0.165 e. The molecule has 0 bridgehead atoms. The van der Waals surface area contributed by atoms with Gasteiger partial charge in [0.05, 0.1) is 13.7 Å². The second kappa shape index (κ2) is 5.25. The molecule has 1 aromatic carbocycles. The summed E-state index contributed by atoms with van der Waals surface area (Å²) in [6.45, 7) is 1.04. The molecule has 0 saturated heterocycles. The van der Waals surface area contributed by atoms with Gasteiger partial charge in [0.1, 0.15) is 0 Å². The molecule has 0 aromatic heterocycles. The molecular formula is C11H12FNO. The van der Waals surface area contributed by atoms with Gasteiger partial charge in [0, 0.05) is 6.54 Å². The van der Waals surface area contributed by atoms with Crippen LogP contribution in [-0.4, -0.2) is 13.7 Å². The van der Waals surface area contributed by atoms with Gasteiger partial charge in [-0.1, -0.05) is 12.0 Å². The Morgan fingerprint density at radius 3 is 2.93 bits per heavy atom. The average Bonchev–Trinajstić information content (AvgIpc) is 2.18. The highest BCUT2D eigenvalue weighted by Crippen LogP contribution is 2.17. The van der Waals surface area contributed by atoms with Crippen molar-refractivity contribution >= 4 is 0 Å². The van der Waals surface area contributed by atoms with Crippen molar-refractivity contribution in [2.45, 2.75) is 6.54 Å². The number of halogens is 1. The van der Waals surface area contributed by atoms with Crippen LogP contribution in [0.5, 0.6) is 5.75 Å². The first kappa shape index (κ1) is 10.6. The third kappa shape index (κ3) is 2.75. The van der Waals surface area contributed by atoms with Gasteiger partial charge in [0.2, 0.25) is 0 Å². The Bertz CT molecular complexity index is 344. The fourth-order valence-electron chi connectivity index (χ4n) is 1.10. The molecule has 74 valence electrons. The predicted molar refractivity (Wildman–Crippen MR) is 53.5 cm³/mol. The van der Waals surface area contributed by atoms with Gasteiger partial charge in [-0.25, -0.2) is 4.39 Å². The Kier molecular flexibility index (Phi) is 3.96. The molecule has 3 heteroatoms. The Labute approximate surface area is 83.1 Å². The first-order valence-electron chi connectivity index (χ1n) is 4.24. The number of benzene rings is 1. The van der Waals surface area contributed by atoms with E-state index in [2.05, 4.69) is 11.2 Å². The molecule has 0 aliphatic rings. The minimum atomic E-state index is -0.354. The van der Waals surface area contributed by atoms with E-state index in [1.54, 1.807) is 12.1 Å². The van der Waals surface area contributed by atoms with Crippen molar-refractivity contribution < 1.29 is 9.13 Å². The van der Waals surface area contributed by atoms with E-state index in [9.17, 15) is 4.39 Å². The number of nitrogens with one attached hydrogen (secondary N) is 1. The molecule has 0 fully saturated rings. The monoisotopic (exact) mass is 193 g/mol. The highest BCUT2D eigenvalue weighted by Gasteiger charge is 2.02. The molecule has 2 nitrogen and oxygen atoms in total. The van der Waals surface area contributed by atoms with Crippen molar-refractivity contribution in [2.75, 3.05) is 13.7 Å². The average molecular weight is 193 g/mol. The maximum absolute atomic E-state index is 13.2. The number of hydrogen-bond acceptors (Lipinski definition) is 2. The third-order valence-electron chi connectivity index (χ3n) is 1.77. The zero-order valence-corrected chi connectivity index (χ0v) is 8.01. The van der Waals surface area contributed by atoms with Gasteiger partial charge < -0.3 is 10.1 Å². The van der Waals surface area contributed by atoms with Gasteiger partial charge in [-0.3, -0.25) is 0 Å². The minimum Gasteiger partial charge on any atom is -0.494 e. The molecule has 0 atom stereocenters. The fraction of sp³-hybridized carbons (Fsp3) is 0.273. The van der Waals surface area contributed by atoms with Crippen LogP contribution in [0.4, 0.5) is 4.39 Å². The second-order valence-electron chi connectivity index (χ2n) is 2.78. The lowest BCUT2D eigenvalue weighted by Crippen LogP contribution is -2.13. The van der Waals surface area contributed by atoms with E-state index >= 15 is 0 Å². The van der Waals surface area contributed by atoms with Crippen LogP contribution >= 0.6 is 0 Å². The SMILES string of the molecule is C#CCNCc1ccc(OC)c(F)c1. The first-order chi connectivity index (χ1) is 6.77. The molecule has 0 unspecified atom stereocenters. The lowest BCUT2D eigenvalue weighted by molar-refractivity contribution is 0.386. The molecule has 14 heavy (non-hydrogen) atoms. The molecule has 1 N–H and O–H groups in total. The van der Waals surface area contributed by atoms with Gasteiger partial charge in [0.15, 0.2) is 11.6 Å². The molecule has 0 saturated carbocycles. The lowest BCUT2D eigenvalue weighted by Gasteiger charge is -2.04. The summed E-state index contributed by atoms with van der Waals surface area (Å²) in [5.74, 6) is 2.35. The second-order valence-corrected chi connectivity index (χ2v) is 2.78. The van der Waals surface area contributed by atoms with Crippen molar-refractivity contribution in [3.8, 4) is 18.1 Å². The van der Waals surface area contributed by atoms with Crippen molar-refractivity contribution in [1.82, 2.24) is 5.32 Å². The largest absolute Gasteiger partial charge is 0.494 e. The van der Waals surface area contributed by atoms with E-state index in [1.807, 2.05) is 0 Å². The molecule has 0 heterocycles. The summed E-state index contributed by atoms with van der Waals surface area (Å²) in [6.07, 6.45) is 5.06. The lowest BCUT2D eigenvalue weighted by atomic mass is 10.2. The predicted octanol–water partition coefficient (Wildman–Crippen LogP) is 1.56. The fourth-order valence-corrected chi connectivity index (χ4v) is 1.10. The van der Waals surface area contributed by atoms with Crippen molar-refractivity contribution in [1.29, 1.82) is 0 Å². The summed E-state index contributed by atoms with van der Waals surface area (Å²) in [5.41, 5.74) is 0.846. The van der Waals surface area contributed by atoms with Gasteiger partial charge in [0.25, 0.3) is 0 Å². The smallest absolute Gasteiger partial charge is 0.165 e. The Hall–Kier alpha value is -1.53. The van der Waals surface area contributed by atoms with Crippen LogP contribution in [0.3, 0.4) is 0 Å². The summed E-state index contributed by atoms with van der Waals surface area (Å²) in [6, 6.07) is 4.83. The molecule has 1 aromatic rings. The summed E-state index contributed by atoms with van der Waals surface area (Å²) >= 11 is 0. The quantitative estimate of drug-likeness (QED) is 0.578. The standard InChI is InChI=1S/C11H12FNO/c1-3-6-13-8-9-4-5-11(14-2)10(12)7-9/h1,4-5,7,13H,6,8H2,2H3. The van der Waals surface area contributed by atoms with Gasteiger partial charge >= 0.3 is 0 Å². The Balaban J connectivity index is 2.63. The van der Waals surface area contributed by atoms with Gasteiger partial charge in [-0.05, 0) is 17.7 Å². The van der Waals surface area contributed by atoms with E-state index in [-0.39, 0.29) is 11.6 Å². The van der Waals surface area contributed by atoms with E-state index in [0.29, 0.717) is 13.1 Å². The zero-order valence-electron chi connectivity index (χ0n) is 8.01. The van der Waals surface area contributed by atoms with Crippen LogP contribution < -0.4 is 10.1 Å². The molecule has 0 aliphatic heterocycles. The number of rotatable bonds is 4. The topological polar surface area (TPSA) is 21.3 Å². The van der Waals surface area contributed by atoms with Crippen LogP contribution in [-0.2, 0) is 6.54 Å². The summed E-state index contributed by atoms with van der Waals surface area (Å²) < 4.78 is 18.0. The molecule has 0 amide bonds. The normalized spacial score (nSPS) is 9.50. The van der Waals surface area contributed by atoms with Crippen molar-refractivity contribution in [3.63, 3.8) is 0 Å². The third-order valence-corrected chi connectivity index (χ3v) is 1.77. The zero-order chi connectivity index (χ0) is 10.4. The highest BCUT2D eigenvalue weighted by atomic mass is 19.1. The molecule has 0 aliphatic carbocycles. The van der Waals surface area contributed by atoms with E-state index < -0.39 is 0 Å². The summed E-state index contributed by atoms with van der Waals surface area (Å²) in [5, 5.41) is 2.97. The molecule has 1 rings (SSSR count). The molecule has 0 spiro atoms. The van der Waals surface area contributed by atoms with Crippen LogP contribution in [0, 0.1) is 18.2 Å². The Morgan fingerprint density at radius 2 is 2.36 bits per heavy atom. The Morgan fingerprint density at radius 1 is 1.57 bits per heavy atom. The van der Waals surface area contributed by atoms with Crippen LogP contribution in [0.15, 0.2) is 18.2 Å². The van der Waals surface area contributed by atoms with Crippen LogP contribution in [0.2, 0.25) is 0 Å². The highest BCUT2D eigenvalue weighted by molar-refractivity contribution is 5.29. The summed E-state index contributed by atoms with van der Waals surface area (Å²) in [4.78, 5) is 0. The first-order valence-corrected chi connectivity index (χ1v) is 4.24. The van der Waals surface area contributed by atoms with E-state index in [4.69, 9.17) is 11.2 Å². The van der Waals surface area contributed by atoms with Gasteiger partial charge in [-0.2, -0.15) is 0 Å². The summed E-state index contributed by atoms with van der Waals surface area (Å²) in [7, 11) is 1.44. The van der Waals surface area contributed by atoms with Crippen LogP contribution in [0.1, 0.15) is 5.56 Å². The number of methoxy groups -OCH3 is 1. The maximum atomic E-state index is 13.2. The number of ether oxygens (including phenoxy) is 1. The number of terminal acetylenes is 1. The van der Waals surface area contributed by atoms with E-state index in [0.717, 1.165) is 5.56 Å². The van der Waals surface area contributed by atoms with E-state index in [1.165, 1.54) is 13.2 Å². The van der Waals surface area contributed by atoms with Crippen molar-refractivity contribution in [2.24, 2.45) is 0 Å². The number of hydrogen-bond donors (Lipinski definition) is 1. The molecular weight excluding hydrogens is 181 g/mol. The van der Waals surface area contributed by atoms with Crippen LogP contribution in [0.25, 0.3) is 0 Å². The molecule has 0 radical (unpaired) electrons. The minimum absolute atomic E-state index is 0.255. The van der Waals surface area contributed by atoms with Gasteiger partial charge in [-0.15, -0.1) is 6.42 Å².